The molecule has 4 heteroatoms. The molecule has 0 amide bonds. The van der Waals surface area contributed by atoms with Crippen LogP contribution in [0.2, 0.25) is 0 Å². The Kier molecular flexibility index (Phi) is 2.35. The molecule has 0 radical (unpaired) electrons. The van der Waals surface area contributed by atoms with Crippen LogP contribution in [0, 0.1) is 17.7 Å². The molecular formula is C17H20FN3. The fourth-order valence-electron chi connectivity index (χ4n) is 4.76. The number of halogens is 1. The number of hydrogen-bond acceptors (Lipinski definition) is 2. The number of imidazole rings is 1. The standard InChI is InChI=1S/C17H20FN3/c18-11-3-6-14-13(8-11)20-17(21(14)12-4-5-12)15-9-1-2-10(7-9)16(15)19/h3,6,8-10,12,15-16H,1-2,4-5,7,19H2. The lowest BCUT2D eigenvalue weighted by Gasteiger charge is -2.28. The van der Waals surface area contributed by atoms with Crippen molar-refractivity contribution in [2.24, 2.45) is 17.6 Å². The maximum absolute atomic E-state index is 13.5. The zero-order chi connectivity index (χ0) is 14.1. The second-order valence-electron chi connectivity index (χ2n) is 7.14. The fourth-order valence-corrected chi connectivity index (χ4v) is 4.76. The summed E-state index contributed by atoms with van der Waals surface area (Å²) in [4.78, 5) is 4.83. The molecule has 1 aromatic carbocycles. The Bertz CT molecular complexity index is 716. The lowest BCUT2D eigenvalue weighted by Crippen LogP contribution is -2.35. The zero-order valence-electron chi connectivity index (χ0n) is 12.0. The molecule has 2 aromatic rings. The van der Waals surface area contributed by atoms with Gasteiger partial charge in [-0.1, -0.05) is 0 Å². The van der Waals surface area contributed by atoms with Gasteiger partial charge in [0.25, 0.3) is 0 Å². The van der Waals surface area contributed by atoms with Crippen LogP contribution in [0.25, 0.3) is 11.0 Å². The number of hydrogen-bond donors (Lipinski definition) is 1. The van der Waals surface area contributed by atoms with Crippen LogP contribution in [0.4, 0.5) is 4.39 Å². The van der Waals surface area contributed by atoms with Crippen molar-refractivity contribution in [2.45, 2.75) is 50.1 Å². The Morgan fingerprint density at radius 2 is 1.95 bits per heavy atom. The van der Waals surface area contributed by atoms with Gasteiger partial charge in [0.05, 0.1) is 11.0 Å². The van der Waals surface area contributed by atoms with E-state index in [9.17, 15) is 4.39 Å². The van der Waals surface area contributed by atoms with Gasteiger partial charge in [-0.3, -0.25) is 0 Å². The molecular weight excluding hydrogens is 265 g/mol. The SMILES string of the molecule is NC1C2CCC(C2)C1c1nc2cc(F)ccc2n1C1CC1. The maximum Gasteiger partial charge on any atom is 0.125 e. The number of aromatic nitrogens is 2. The average molecular weight is 285 g/mol. The Morgan fingerprint density at radius 1 is 1.14 bits per heavy atom. The quantitative estimate of drug-likeness (QED) is 0.919. The Labute approximate surface area is 123 Å². The molecule has 21 heavy (non-hydrogen) atoms. The van der Waals surface area contributed by atoms with Crippen molar-refractivity contribution in [3.05, 3.63) is 29.8 Å². The summed E-state index contributed by atoms with van der Waals surface area (Å²) in [6.45, 7) is 0. The maximum atomic E-state index is 13.5. The van der Waals surface area contributed by atoms with Gasteiger partial charge in [0.1, 0.15) is 11.6 Å². The van der Waals surface area contributed by atoms with Crippen molar-refractivity contribution >= 4 is 11.0 Å². The summed E-state index contributed by atoms with van der Waals surface area (Å²) in [6.07, 6.45) is 6.25. The van der Waals surface area contributed by atoms with Gasteiger partial charge in [-0.05, 0) is 56.1 Å². The first kappa shape index (κ1) is 12.2. The van der Waals surface area contributed by atoms with Gasteiger partial charge in [0.2, 0.25) is 0 Å². The Balaban J connectivity index is 1.70. The van der Waals surface area contributed by atoms with E-state index in [1.54, 1.807) is 12.1 Å². The van der Waals surface area contributed by atoms with E-state index in [2.05, 4.69) is 4.57 Å². The van der Waals surface area contributed by atoms with Gasteiger partial charge < -0.3 is 10.3 Å². The van der Waals surface area contributed by atoms with E-state index in [1.807, 2.05) is 6.07 Å². The summed E-state index contributed by atoms with van der Waals surface area (Å²) in [5.74, 6) is 2.66. The van der Waals surface area contributed by atoms with Crippen LogP contribution < -0.4 is 5.73 Å². The molecule has 5 rings (SSSR count). The highest BCUT2D eigenvalue weighted by molar-refractivity contribution is 5.76. The molecule has 3 saturated carbocycles. The van der Waals surface area contributed by atoms with E-state index in [0.29, 0.717) is 23.8 Å². The van der Waals surface area contributed by atoms with Gasteiger partial charge in [-0.2, -0.15) is 0 Å². The first-order valence-corrected chi connectivity index (χ1v) is 8.15. The number of benzene rings is 1. The molecule has 3 aliphatic rings. The van der Waals surface area contributed by atoms with Crippen molar-refractivity contribution < 1.29 is 4.39 Å². The molecule has 3 nitrogen and oxygen atoms in total. The second kappa shape index (κ2) is 4.07. The highest BCUT2D eigenvalue weighted by atomic mass is 19.1. The number of nitrogens with zero attached hydrogens (tertiary/aromatic N) is 2. The van der Waals surface area contributed by atoms with Crippen LogP contribution in [-0.2, 0) is 0 Å². The summed E-state index contributed by atoms with van der Waals surface area (Å²) in [5.41, 5.74) is 8.39. The van der Waals surface area contributed by atoms with Crippen molar-refractivity contribution in [3.8, 4) is 0 Å². The van der Waals surface area contributed by atoms with Crippen LogP contribution >= 0.6 is 0 Å². The third-order valence-corrected chi connectivity index (χ3v) is 5.87. The molecule has 1 aromatic heterocycles. The third-order valence-electron chi connectivity index (χ3n) is 5.87. The van der Waals surface area contributed by atoms with Crippen LogP contribution in [0.15, 0.2) is 18.2 Å². The van der Waals surface area contributed by atoms with Crippen LogP contribution in [-0.4, -0.2) is 15.6 Å². The number of fused-ring (bicyclic) bond motifs is 3. The molecule has 4 unspecified atom stereocenters. The molecule has 0 aliphatic heterocycles. The third kappa shape index (κ3) is 1.65. The predicted molar refractivity (Wildman–Crippen MR) is 79.5 cm³/mol. The summed E-state index contributed by atoms with van der Waals surface area (Å²) >= 11 is 0. The second-order valence-corrected chi connectivity index (χ2v) is 7.14. The number of nitrogens with two attached hydrogens (primary N) is 1. The van der Waals surface area contributed by atoms with E-state index in [-0.39, 0.29) is 11.9 Å². The molecule has 3 aliphatic carbocycles. The molecule has 2 bridgehead atoms. The molecule has 4 atom stereocenters. The molecule has 3 fully saturated rings. The van der Waals surface area contributed by atoms with E-state index in [1.165, 1.54) is 32.1 Å². The van der Waals surface area contributed by atoms with Crippen molar-refractivity contribution in [3.63, 3.8) is 0 Å². The molecule has 2 N–H and O–H groups in total. The average Bonchev–Trinajstić information content (AvgIpc) is 2.95. The van der Waals surface area contributed by atoms with Crippen molar-refractivity contribution in [2.75, 3.05) is 0 Å². The number of rotatable bonds is 2. The van der Waals surface area contributed by atoms with E-state index >= 15 is 0 Å². The van der Waals surface area contributed by atoms with Gasteiger partial charge in [-0.15, -0.1) is 0 Å². The monoisotopic (exact) mass is 285 g/mol. The van der Waals surface area contributed by atoms with Crippen LogP contribution in [0.3, 0.4) is 0 Å². The van der Waals surface area contributed by atoms with Gasteiger partial charge in [0, 0.05) is 24.1 Å². The van der Waals surface area contributed by atoms with Crippen molar-refractivity contribution in [1.82, 2.24) is 9.55 Å². The minimum Gasteiger partial charge on any atom is -0.327 e. The van der Waals surface area contributed by atoms with Gasteiger partial charge in [0.15, 0.2) is 0 Å². The highest BCUT2D eigenvalue weighted by Crippen LogP contribution is 2.53. The van der Waals surface area contributed by atoms with E-state index in [4.69, 9.17) is 10.7 Å². The summed E-state index contributed by atoms with van der Waals surface area (Å²) in [6, 6.07) is 5.80. The Hall–Kier alpha value is -1.42. The molecule has 110 valence electrons. The minimum absolute atomic E-state index is 0.202. The van der Waals surface area contributed by atoms with E-state index < -0.39 is 0 Å². The first-order chi connectivity index (χ1) is 10.2. The molecule has 0 saturated heterocycles. The zero-order valence-corrected chi connectivity index (χ0v) is 12.0. The van der Waals surface area contributed by atoms with Crippen LogP contribution in [0.5, 0.6) is 0 Å². The van der Waals surface area contributed by atoms with Crippen molar-refractivity contribution in [1.29, 1.82) is 0 Å². The Morgan fingerprint density at radius 3 is 2.67 bits per heavy atom. The summed E-state index contributed by atoms with van der Waals surface area (Å²) < 4.78 is 15.9. The normalized spacial score (nSPS) is 35.0. The smallest absolute Gasteiger partial charge is 0.125 e. The molecule has 1 heterocycles. The lowest BCUT2D eigenvalue weighted by atomic mass is 9.84. The summed E-state index contributed by atoms with van der Waals surface area (Å²) in [5, 5.41) is 0. The summed E-state index contributed by atoms with van der Waals surface area (Å²) in [7, 11) is 0. The molecule has 0 spiro atoms. The first-order valence-electron chi connectivity index (χ1n) is 8.15. The largest absolute Gasteiger partial charge is 0.327 e. The topological polar surface area (TPSA) is 43.8 Å². The lowest BCUT2D eigenvalue weighted by molar-refractivity contribution is 0.347. The minimum atomic E-state index is -0.202. The predicted octanol–water partition coefficient (Wildman–Crippen LogP) is 3.35. The fraction of sp³-hybridized carbons (Fsp3) is 0.588. The highest BCUT2D eigenvalue weighted by Gasteiger charge is 2.49. The van der Waals surface area contributed by atoms with Gasteiger partial charge >= 0.3 is 0 Å². The van der Waals surface area contributed by atoms with E-state index in [0.717, 1.165) is 16.9 Å². The van der Waals surface area contributed by atoms with Crippen LogP contribution in [0.1, 0.15) is 49.9 Å². The van der Waals surface area contributed by atoms with Gasteiger partial charge in [-0.25, -0.2) is 9.37 Å².